The van der Waals surface area contributed by atoms with Gasteiger partial charge in [0.1, 0.15) is 5.75 Å². The van der Waals surface area contributed by atoms with Gasteiger partial charge in [0.25, 0.3) is 0 Å². The first kappa shape index (κ1) is 24.3. The van der Waals surface area contributed by atoms with E-state index in [1.807, 2.05) is 54.6 Å². The van der Waals surface area contributed by atoms with Gasteiger partial charge >= 0.3 is 5.97 Å². The molecule has 0 aliphatic carbocycles. The molecular formula is C26H28N4O4S. The van der Waals surface area contributed by atoms with Crippen LogP contribution in [0.5, 0.6) is 5.75 Å². The van der Waals surface area contributed by atoms with E-state index >= 15 is 0 Å². The quantitative estimate of drug-likeness (QED) is 0.371. The van der Waals surface area contributed by atoms with Gasteiger partial charge in [0, 0.05) is 37.9 Å². The third-order valence-electron chi connectivity index (χ3n) is 5.54. The Labute approximate surface area is 208 Å². The van der Waals surface area contributed by atoms with Gasteiger partial charge in [0.15, 0.2) is 15.8 Å². The van der Waals surface area contributed by atoms with Gasteiger partial charge in [-0.1, -0.05) is 41.7 Å². The van der Waals surface area contributed by atoms with Crippen molar-refractivity contribution in [2.24, 2.45) is 0 Å². The van der Waals surface area contributed by atoms with E-state index in [-0.39, 0.29) is 12.5 Å². The summed E-state index contributed by atoms with van der Waals surface area (Å²) in [5.74, 6) is 0.624. The van der Waals surface area contributed by atoms with Gasteiger partial charge in [-0.25, -0.2) is 9.78 Å². The van der Waals surface area contributed by atoms with E-state index < -0.39 is 5.97 Å². The van der Waals surface area contributed by atoms with Crippen molar-refractivity contribution in [1.29, 1.82) is 0 Å². The highest BCUT2D eigenvalue weighted by Gasteiger charge is 2.27. The minimum absolute atomic E-state index is 0.267. The van der Waals surface area contributed by atoms with Crippen molar-refractivity contribution < 1.29 is 19.1 Å². The van der Waals surface area contributed by atoms with Crippen LogP contribution in [0.2, 0.25) is 0 Å². The van der Waals surface area contributed by atoms with Gasteiger partial charge in [-0.2, -0.15) is 0 Å². The summed E-state index contributed by atoms with van der Waals surface area (Å²) in [6, 6.07) is 17.5. The molecule has 1 fully saturated rings. The van der Waals surface area contributed by atoms with Crippen molar-refractivity contribution in [2.45, 2.75) is 6.92 Å². The van der Waals surface area contributed by atoms with E-state index in [9.17, 15) is 9.59 Å². The maximum atomic E-state index is 12.6. The number of rotatable bonds is 8. The molecule has 9 heteroatoms. The molecule has 3 aromatic rings. The molecule has 2 aromatic carbocycles. The molecular weight excluding hydrogens is 464 g/mol. The molecule has 182 valence electrons. The third kappa shape index (κ3) is 6.19. The second-order valence-electron chi connectivity index (χ2n) is 7.80. The predicted octanol–water partition coefficient (Wildman–Crippen LogP) is 4.31. The zero-order valence-electron chi connectivity index (χ0n) is 19.8. The smallest absolute Gasteiger partial charge is 0.352 e. The van der Waals surface area contributed by atoms with Crippen LogP contribution in [0.4, 0.5) is 16.6 Å². The Balaban J connectivity index is 1.46. The third-order valence-corrected chi connectivity index (χ3v) is 6.48. The van der Waals surface area contributed by atoms with Crippen LogP contribution in [0.15, 0.2) is 60.7 Å². The topological polar surface area (TPSA) is 84.0 Å². The standard InChI is InChI=1S/C26H28N4O4S/c1-3-34-25(32)23-24(28-26(35-23)27-22(31)14-9-19-7-5-4-6-8-19)30-17-15-29(16-18-30)20-10-12-21(33-2)13-11-20/h4-14H,3,15-18H2,1-2H3,(H,27,28,31)/b14-9+. The van der Waals surface area contributed by atoms with Crippen molar-refractivity contribution in [3.05, 3.63) is 71.1 Å². The average Bonchev–Trinajstić information content (AvgIpc) is 3.32. The molecule has 1 N–H and O–H groups in total. The number of methoxy groups -OCH3 is 1. The summed E-state index contributed by atoms with van der Waals surface area (Å²) in [7, 11) is 1.65. The number of anilines is 3. The first-order valence-corrected chi connectivity index (χ1v) is 12.2. The molecule has 0 unspecified atom stereocenters. The lowest BCUT2D eigenvalue weighted by atomic mass is 10.2. The van der Waals surface area contributed by atoms with Crippen LogP contribution in [0.25, 0.3) is 6.08 Å². The first-order valence-electron chi connectivity index (χ1n) is 11.4. The Kier molecular flexibility index (Phi) is 7.99. The number of benzene rings is 2. The second-order valence-corrected chi connectivity index (χ2v) is 8.80. The average molecular weight is 493 g/mol. The van der Waals surface area contributed by atoms with Gasteiger partial charge in [0.2, 0.25) is 5.91 Å². The number of nitrogens with zero attached hydrogens (tertiary/aromatic N) is 3. The molecule has 1 aliphatic rings. The van der Waals surface area contributed by atoms with E-state index in [0.717, 1.165) is 41.4 Å². The Morgan fingerprint density at radius 2 is 1.71 bits per heavy atom. The number of piperazine rings is 1. The van der Waals surface area contributed by atoms with Gasteiger partial charge in [0.05, 0.1) is 13.7 Å². The predicted molar refractivity (Wildman–Crippen MR) is 140 cm³/mol. The maximum absolute atomic E-state index is 12.6. The second kappa shape index (κ2) is 11.5. The van der Waals surface area contributed by atoms with Crippen molar-refractivity contribution >= 4 is 45.9 Å². The maximum Gasteiger partial charge on any atom is 0.352 e. The molecule has 0 saturated carbocycles. The summed E-state index contributed by atoms with van der Waals surface area (Å²) < 4.78 is 10.5. The number of ether oxygens (including phenoxy) is 2. The van der Waals surface area contributed by atoms with Crippen LogP contribution in [0.1, 0.15) is 22.2 Å². The number of carbonyl (C=O) groups excluding carboxylic acids is 2. The number of esters is 1. The number of hydrogen-bond donors (Lipinski definition) is 1. The molecule has 1 aliphatic heterocycles. The van der Waals surface area contributed by atoms with Crippen molar-refractivity contribution in [1.82, 2.24) is 4.98 Å². The number of carbonyl (C=O) groups is 2. The largest absolute Gasteiger partial charge is 0.497 e. The van der Waals surface area contributed by atoms with Crippen LogP contribution in [-0.4, -0.2) is 56.8 Å². The summed E-state index contributed by atoms with van der Waals surface area (Å²) >= 11 is 1.13. The van der Waals surface area contributed by atoms with E-state index in [1.54, 1.807) is 20.1 Å². The summed E-state index contributed by atoms with van der Waals surface area (Å²) in [6.07, 6.45) is 3.18. The molecule has 1 aromatic heterocycles. The van der Waals surface area contributed by atoms with Gasteiger partial charge in [-0.15, -0.1) is 0 Å². The zero-order valence-corrected chi connectivity index (χ0v) is 20.6. The fourth-order valence-electron chi connectivity index (χ4n) is 3.76. The molecule has 0 bridgehead atoms. The SMILES string of the molecule is CCOC(=O)c1sc(NC(=O)/C=C/c2ccccc2)nc1N1CCN(c2ccc(OC)cc2)CC1. The van der Waals surface area contributed by atoms with E-state index in [4.69, 9.17) is 9.47 Å². The highest BCUT2D eigenvalue weighted by atomic mass is 32.1. The summed E-state index contributed by atoms with van der Waals surface area (Å²) in [4.78, 5) is 34.4. The van der Waals surface area contributed by atoms with Crippen molar-refractivity contribution in [3.8, 4) is 5.75 Å². The molecule has 4 rings (SSSR count). The normalized spacial score (nSPS) is 13.7. The minimum atomic E-state index is -0.432. The number of aromatic nitrogens is 1. The van der Waals surface area contributed by atoms with Crippen LogP contribution in [0, 0.1) is 0 Å². The summed E-state index contributed by atoms with van der Waals surface area (Å²) in [6.45, 7) is 4.94. The number of nitrogens with one attached hydrogen (secondary N) is 1. The van der Waals surface area contributed by atoms with Gasteiger partial charge < -0.3 is 19.3 Å². The summed E-state index contributed by atoms with van der Waals surface area (Å²) in [5.41, 5.74) is 2.04. The van der Waals surface area contributed by atoms with Crippen LogP contribution in [-0.2, 0) is 9.53 Å². The Hall–Kier alpha value is -3.85. The van der Waals surface area contributed by atoms with Gasteiger partial charge in [-0.3, -0.25) is 10.1 Å². The highest BCUT2D eigenvalue weighted by molar-refractivity contribution is 7.18. The molecule has 35 heavy (non-hydrogen) atoms. The monoisotopic (exact) mass is 492 g/mol. The van der Waals surface area contributed by atoms with Crippen molar-refractivity contribution in [2.75, 3.05) is 55.0 Å². The Morgan fingerprint density at radius 1 is 1.03 bits per heavy atom. The van der Waals surface area contributed by atoms with Crippen LogP contribution >= 0.6 is 11.3 Å². The zero-order chi connectivity index (χ0) is 24.6. The van der Waals surface area contributed by atoms with Crippen LogP contribution in [0.3, 0.4) is 0 Å². The molecule has 1 saturated heterocycles. The molecule has 8 nitrogen and oxygen atoms in total. The summed E-state index contributed by atoms with van der Waals surface area (Å²) in [5, 5.41) is 3.14. The van der Waals surface area contributed by atoms with E-state index in [1.165, 1.54) is 6.08 Å². The first-order chi connectivity index (χ1) is 17.1. The molecule has 0 atom stereocenters. The molecule has 2 heterocycles. The van der Waals surface area contributed by atoms with Crippen molar-refractivity contribution in [3.63, 3.8) is 0 Å². The van der Waals surface area contributed by atoms with E-state index in [0.29, 0.717) is 28.9 Å². The highest BCUT2D eigenvalue weighted by Crippen LogP contribution is 2.32. The Morgan fingerprint density at radius 3 is 2.37 bits per heavy atom. The molecule has 0 spiro atoms. The fraction of sp³-hybridized carbons (Fsp3) is 0.269. The minimum Gasteiger partial charge on any atom is -0.497 e. The number of hydrogen-bond acceptors (Lipinski definition) is 8. The number of thiazole rings is 1. The molecule has 1 amide bonds. The number of amides is 1. The van der Waals surface area contributed by atoms with E-state index in [2.05, 4.69) is 20.1 Å². The Bertz CT molecular complexity index is 1170. The van der Waals surface area contributed by atoms with Crippen LogP contribution < -0.4 is 19.9 Å². The lowest BCUT2D eigenvalue weighted by Gasteiger charge is -2.36. The fourth-order valence-corrected chi connectivity index (χ4v) is 4.65. The lowest BCUT2D eigenvalue weighted by Crippen LogP contribution is -2.47. The molecule has 0 radical (unpaired) electrons. The lowest BCUT2D eigenvalue weighted by molar-refractivity contribution is -0.111. The van der Waals surface area contributed by atoms with Gasteiger partial charge in [-0.05, 0) is 42.8 Å².